The van der Waals surface area contributed by atoms with Crippen molar-refractivity contribution < 1.29 is 9.47 Å². The summed E-state index contributed by atoms with van der Waals surface area (Å²) < 4.78 is 12.6. The van der Waals surface area contributed by atoms with E-state index in [1.807, 2.05) is 18.2 Å². The van der Waals surface area contributed by atoms with Crippen LogP contribution in [0.4, 0.5) is 0 Å². The molecule has 2 nitrogen and oxygen atoms in total. The first-order valence-electron chi connectivity index (χ1n) is 4.87. The van der Waals surface area contributed by atoms with Crippen LogP contribution in [-0.4, -0.2) is 28.0 Å². The van der Waals surface area contributed by atoms with E-state index >= 15 is 0 Å². The molecule has 0 saturated heterocycles. The van der Waals surface area contributed by atoms with Crippen molar-refractivity contribution in [1.29, 1.82) is 0 Å². The fourth-order valence-electron chi connectivity index (χ4n) is 1.32. The van der Waals surface area contributed by atoms with Crippen molar-refractivity contribution in [2.24, 2.45) is 0 Å². The molecular weight excluding hydrogens is 452 g/mol. The first-order valence-corrected chi connectivity index (χ1v) is 17.8. The van der Waals surface area contributed by atoms with Crippen LogP contribution < -0.4 is 13.1 Å². The summed E-state index contributed by atoms with van der Waals surface area (Å²) in [5, 5.41) is 0. The first kappa shape index (κ1) is 14.6. The number of methoxy groups -OCH3 is 2. The Morgan fingerprint density at radius 2 is 1.50 bits per heavy atom. The van der Waals surface area contributed by atoms with Gasteiger partial charge in [-0.3, -0.25) is 0 Å². The third-order valence-electron chi connectivity index (χ3n) is 2.25. The average Bonchev–Trinajstić information content (AvgIpc) is 2.27. The van der Waals surface area contributed by atoms with E-state index in [-0.39, 0.29) is 0 Å². The van der Waals surface area contributed by atoms with Gasteiger partial charge < -0.3 is 0 Å². The molecule has 0 atom stereocenters. The second kappa shape index (κ2) is 5.95. The molecule has 0 aliphatic rings. The second-order valence-corrected chi connectivity index (χ2v) is 29.8. The topological polar surface area (TPSA) is 18.5 Å². The molecule has 0 saturated carbocycles. The molecule has 0 bridgehead atoms. The van der Waals surface area contributed by atoms with Gasteiger partial charge in [0, 0.05) is 0 Å². The van der Waals surface area contributed by atoms with Crippen LogP contribution in [-0.2, 0) is 0 Å². The fraction of sp³-hybridized carbons (Fsp3) is 0.455. The minimum atomic E-state index is -2.49. The molecular formula is C11H16Br2O2Te. The summed E-state index contributed by atoms with van der Waals surface area (Å²) in [6.45, 7) is 4.41. The molecule has 0 amide bonds. The monoisotopic (exact) mass is 468 g/mol. The molecule has 1 rings (SSSR count). The summed E-state index contributed by atoms with van der Waals surface area (Å²) in [4.78, 5) is 0. The van der Waals surface area contributed by atoms with Crippen molar-refractivity contribution in [1.82, 2.24) is 0 Å². The van der Waals surface area contributed by atoms with E-state index in [0.717, 1.165) is 11.5 Å². The quantitative estimate of drug-likeness (QED) is 0.631. The summed E-state index contributed by atoms with van der Waals surface area (Å²) in [5.74, 6) is 1.78. The van der Waals surface area contributed by atoms with Gasteiger partial charge in [0.05, 0.1) is 0 Å². The van der Waals surface area contributed by atoms with E-state index in [9.17, 15) is 0 Å². The normalized spacial score (nSPS) is 12.7. The van der Waals surface area contributed by atoms with Crippen LogP contribution in [0.1, 0.15) is 13.8 Å². The summed E-state index contributed by atoms with van der Waals surface area (Å²) in [6.07, 6.45) is 0. The molecule has 1 aromatic rings. The SMILES string of the molecule is COc1cccc(OC)c1[Te](Br)(Br)C(C)C. The summed E-state index contributed by atoms with van der Waals surface area (Å²) in [7, 11) is 3.38. The zero-order valence-electron chi connectivity index (χ0n) is 9.79. The van der Waals surface area contributed by atoms with Gasteiger partial charge in [0.1, 0.15) is 0 Å². The van der Waals surface area contributed by atoms with Crippen molar-refractivity contribution in [2.75, 3.05) is 14.2 Å². The summed E-state index contributed by atoms with van der Waals surface area (Å²) in [5.41, 5.74) is 0. The van der Waals surface area contributed by atoms with Crippen molar-refractivity contribution in [2.45, 2.75) is 17.8 Å². The van der Waals surface area contributed by atoms with Crippen LogP contribution in [0.25, 0.3) is 0 Å². The van der Waals surface area contributed by atoms with Gasteiger partial charge >= 0.3 is 114 Å². The van der Waals surface area contributed by atoms with Gasteiger partial charge in [-0.1, -0.05) is 0 Å². The Hall–Kier alpha value is 0.570. The Kier molecular flexibility index (Phi) is 5.44. The maximum atomic E-state index is 5.43. The van der Waals surface area contributed by atoms with Crippen molar-refractivity contribution in [3.05, 3.63) is 18.2 Å². The zero-order chi connectivity index (χ0) is 12.3. The van der Waals surface area contributed by atoms with Gasteiger partial charge in [0.15, 0.2) is 0 Å². The fourth-order valence-corrected chi connectivity index (χ4v) is 9.34. The van der Waals surface area contributed by atoms with Gasteiger partial charge in [-0.05, 0) is 0 Å². The minimum absolute atomic E-state index is 0.535. The third kappa shape index (κ3) is 2.87. The van der Waals surface area contributed by atoms with E-state index < -0.39 is 13.8 Å². The van der Waals surface area contributed by atoms with E-state index in [1.54, 1.807) is 14.2 Å². The van der Waals surface area contributed by atoms with Crippen LogP contribution in [0, 0.1) is 0 Å². The molecule has 0 radical (unpaired) electrons. The van der Waals surface area contributed by atoms with E-state index in [2.05, 4.69) is 39.4 Å². The number of rotatable bonds is 4. The van der Waals surface area contributed by atoms with Crippen LogP contribution in [0.5, 0.6) is 11.5 Å². The second-order valence-electron chi connectivity index (χ2n) is 3.55. The first-order chi connectivity index (χ1) is 7.45. The zero-order valence-corrected chi connectivity index (χ0v) is 15.3. The molecule has 0 fully saturated rings. The van der Waals surface area contributed by atoms with Gasteiger partial charge in [-0.25, -0.2) is 0 Å². The Bertz CT molecular complexity index is 345. The standard InChI is InChI=1S/C11H16Br2O2Te/c1-8(2)16(12,13)11-9(14-3)6-5-7-10(11)15-4/h5-8H,1-4H3. The maximum absolute atomic E-state index is 5.43. The van der Waals surface area contributed by atoms with Crippen LogP contribution in [0.15, 0.2) is 18.2 Å². The molecule has 0 N–H and O–H groups in total. The molecule has 92 valence electrons. The average molecular weight is 468 g/mol. The Labute approximate surface area is 113 Å². The van der Waals surface area contributed by atoms with Gasteiger partial charge in [-0.15, -0.1) is 0 Å². The molecule has 5 heteroatoms. The van der Waals surface area contributed by atoms with Crippen molar-refractivity contribution >= 4 is 42.9 Å². The van der Waals surface area contributed by atoms with Crippen molar-refractivity contribution in [3.63, 3.8) is 0 Å². The van der Waals surface area contributed by atoms with Crippen LogP contribution in [0.2, 0.25) is 3.97 Å². The van der Waals surface area contributed by atoms with E-state index in [1.165, 1.54) is 3.61 Å². The van der Waals surface area contributed by atoms with Gasteiger partial charge in [0.25, 0.3) is 0 Å². The van der Waals surface area contributed by atoms with Gasteiger partial charge in [-0.2, -0.15) is 0 Å². The number of hydrogen-bond acceptors (Lipinski definition) is 2. The Morgan fingerprint density at radius 3 is 1.81 bits per heavy atom. The van der Waals surface area contributed by atoms with Crippen LogP contribution in [0.3, 0.4) is 0 Å². The number of halogens is 2. The number of ether oxygens (including phenoxy) is 2. The third-order valence-corrected chi connectivity index (χ3v) is 22.7. The van der Waals surface area contributed by atoms with E-state index in [0.29, 0.717) is 3.97 Å². The molecule has 0 heterocycles. The van der Waals surface area contributed by atoms with Crippen molar-refractivity contribution in [3.8, 4) is 11.5 Å². The Morgan fingerprint density at radius 1 is 1.06 bits per heavy atom. The predicted molar refractivity (Wildman–Crippen MR) is 77.9 cm³/mol. The molecule has 0 aromatic heterocycles. The molecule has 0 unspecified atom stereocenters. The van der Waals surface area contributed by atoms with Gasteiger partial charge in [0.2, 0.25) is 0 Å². The molecule has 0 spiro atoms. The molecule has 1 aromatic carbocycles. The molecule has 16 heavy (non-hydrogen) atoms. The van der Waals surface area contributed by atoms with E-state index in [4.69, 9.17) is 9.47 Å². The Balaban J connectivity index is 3.39. The number of hydrogen-bond donors (Lipinski definition) is 0. The summed E-state index contributed by atoms with van der Waals surface area (Å²) >= 11 is 5.28. The number of benzene rings is 1. The molecule has 0 aliphatic heterocycles. The molecule has 0 aliphatic carbocycles. The van der Waals surface area contributed by atoms with Crippen LogP contribution >= 0.6 is 25.5 Å². The summed E-state index contributed by atoms with van der Waals surface area (Å²) in [6, 6.07) is 5.90. The predicted octanol–water partition coefficient (Wildman–Crippen LogP) is 3.55.